The number of hydrogen-bond donors (Lipinski definition) is 0. The van der Waals surface area contributed by atoms with Gasteiger partial charge in [0.2, 0.25) is 5.91 Å². The molecule has 0 aliphatic carbocycles. The Morgan fingerprint density at radius 1 is 1.12 bits per heavy atom. The molecular formula is C18H17F3N2O2. The second kappa shape index (κ2) is 6.74. The molecule has 1 saturated heterocycles. The van der Waals surface area contributed by atoms with Crippen molar-refractivity contribution in [2.75, 3.05) is 6.54 Å². The van der Waals surface area contributed by atoms with Crippen molar-refractivity contribution in [3.63, 3.8) is 0 Å². The van der Waals surface area contributed by atoms with Crippen molar-refractivity contribution in [3.05, 3.63) is 70.1 Å². The third kappa shape index (κ3) is 3.75. The van der Waals surface area contributed by atoms with Gasteiger partial charge in [0.1, 0.15) is 6.54 Å². The molecule has 3 rings (SSSR count). The standard InChI is InChI=1S/C18H17F3N2O2/c19-18(20,21)14-8-9-16(24)22(11-14)12-17(25)23-10-4-7-15(23)13-5-2-1-3-6-13/h1-3,5-6,8-9,11,15H,4,7,10,12H2. The SMILES string of the molecule is O=C(Cn1cc(C(F)(F)F)ccc1=O)N1CCCC1c1ccccc1. The first kappa shape index (κ1) is 17.3. The summed E-state index contributed by atoms with van der Waals surface area (Å²) in [6.07, 6.45) is -2.23. The average Bonchev–Trinajstić information content (AvgIpc) is 3.06. The van der Waals surface area contributed by atoms with Crippen molar-refractivity contribution in [2.45, 2.75) is 31.6 Å². The zero-order valence-electron chi connectivity index (χ0n) is 13.4. The first-order valence-corrected chi connectivity index (χ1v) is 7.98. The van der Waals surface area contributed by atoms with E-state index >= 15 is 0 Å². The molecular weight excluding hydrogens is 333 g/mol. The van der Waals surface area contributed by atoms with Crippen LogP contribution in [0.25, 0.3) is 0 Å². The zero-order chi connectivity index (χ0) is 18.0. The van der Waals surface area contributed by atoms with Gasteiger partial charge in [-0.05, 0) is 24.5 Å². The van der Waals surface area contributed by atoms with Crippen molar-refractivity contribution < 1.29 is 18.0 Å². The molecule has 1 aliphatic rings. The van der Waals surface area contributed by atoms with Gasteiger partial charge >= 0.3 is 6.18 Å². The van der Waals surface area contributed by atoms with Gasteiger partial charge < -0.3 is 9.47 Å². The van der Waals surface area contributed by atoms with Crippen molar-refractivity contribution >= 4 is 5.91 Å². The van der Waals surface area contributed by atoms with Crippen LogP contribution in [0, 0.1) is 0 Å². The molecule has 25 heavy (non-hydrogen) atoms. The largest absolute Gasteiger partial charge is 0.417 e. The molecule has 0 bridgehead atoms. The fourth-order valence-corrected chi connectivity index (χ4v) is 3.15. The number of aromatic nitrogens is 1. The number of benzene rings is 1. The van der Waals surface area contributed by atoms with Gasteiger partial charge in [-0.25, -0.2) is 0 Å². The summed E-state index contributed by atoms with van der Waals surface area (Å²) in [5.41, 5.74) is -0.581. The normalized spacial score (nSPS) is 17.7. The number of nitrogens with zero attached hydrogens (tertiary/aromatic N) is 2. The number of hydrogen-bond acceptors (Lipinski definition) is 2. The molecule has 132 valence electrons. The second-order valence-electron chi connectivity index (χ2n) is 6.04. The van der Waals surface area contributed by atoms with Crippen molar-refractivity contribution in [1.82, 2.24) is 9.47 Å². The summed E-state index contributed by atoms with van der Waals surface area (Å²) in [7, 11) is 0. The molecule has 0 spiro atoms. The number of carbonyl (C=O) groups excluding carboxylic acids is 1. The number of rotatable bonds is 3. The topological polar surface area (TPSA) is 42.3 Å². The lowest BCUT2D eigenvalue weighted by Gasteiger charge is -2.25. The molecule has 1 unspecified atom stereocenters. The highest BCUT2D eigenvalue weighted by Gasteiger charge is 2.32. The minimum absolute atomic E-state index is 0.102. The van der Waals surface area contributed by atoms with E-state index in [1.807, 2.05) is 30.3 Å². The maximum Gasteiger partial charge on any atom is 0.417 e. The molecule has 2 heterocycles. The van der Waals surface area contributed by atoms with Gasteiger partial charge in [-0.15, -0.1) is 0 Å². The van der Waals surface area contributed by atoms with Crippen LogP contribution in [-0.2, 0) is 17.5 Å². The number of alkyl halides is 3. The van der Waals surface area contributed by atoms with Gasteiger partial charge in [-0.2, -0.15) is 13.2 Å². The zero-order valence-corrected chi connectivity index (χ0v) is 13.4. The van der Waals surface area contributed by atoms with E-state index < -0.39 is 23.8 Å². The van der Waals surface area contributed by atoms with Crippen LogP contribution in [0.5, 0.6) is 0 Å². The first-order valence-electron chi connectivity index (χ1n) is 7.98. The molecule has 1 aromatic carbocycles. The van der Waals surface area contributed by atoms with Crippen LogP contribution in [-0.4, -0.2) is 21.9 Å². The Balaban J connectivity index is 1.81. The molecule has 1 aromatic heterocycles. The highest BCUT2D eigenvalue weighted by Crippen LogP contribution is 2.32. The van der Waals surface area contributed by atoms with Crippen LogP contribution in [0.3, 0.4) is 0 Å². The second-order valence-corrected chi connectivity index (χ2v) is 6.04. The summed E-state index contributed by atoms with van der Waals surface area (Å²) in [5, 5.41) is 0. The molecule has 1 amide bonds. The maximum atomic E-state index is 12.8. The lowest BCUT2D eigenvalue weighted by atomic mass is 10.0. The Morgan fingerprint density at radius 2 is 1.84 bits per heavy atom. The van der Waals surface area contributed by atoms with E-state index in [0.29, 0.717) is 12.7 Å². The van der Waals surface area contributed by atoms with Crippen LogP contribution in [0.4, 0.5) is 13.2 Å². The maximum absolute atomic E-state index is 12.8. The van der Waals surface area contributed by atoms with E-state index in [-0.39, 0.29) is 11.9 Å². The van der Waals surface area contributed by atoms with Crippen molar-refractivity contribution in [1.29, 1.82) is 0 Å². The summed E-state index contributed by atoms with van der Waals surface area (Å²) in [5.74, 6) is -0.354. The summed E-state index contributed by atoms with van der Waals surface area (Å²) >= 11 is 0. The van der Waals surface area contributed by atoms with E-state index in [2.05, 4.69) is 0 Å². The Hall–Kier alpha value is -2.57. The Morgan fingerprint density at radius 3 is 2.52 bits per heavy atom. The van der Waals surface area contributed by atoms with Gasteiger partial charge in [-0.1, -0.05) is 30.3 Å². The predicted molar refractivity (Wildman–Crippen MR) is 85.8 cm³/mol. The fourth-order valence-electron chi connectivity index (χ4n) is 3.15. The summed E-state index contributed by atoms with van der Waals surface area (Å²) in [4.78, 5) is 26.1. The monoisotopic (exact) mass is 350 g/mol. The molecule has 2 aromatic rings. The summed E-state index contributed by atoms with van der Waals surface area (Å²) < 4.78 is 39.3. The van der Waals surface area contributed by atoms with E-state index in [0.717, 1.165) is 35.1 Å². The Kier molecular flexibility index (Phi) is 4.65. The lowest BCUT2D eigenvalue weighted by Crippen LogP contribution is -2.36. The minimum atomic E-state index is -4.56. The van der Waals surface area contributed by atoms with E-state index in [4.69, 9.17) is 0 Å². The number of carbonyl (C=O) groups is 1. The van der Waals surface area contributed by atoms with Gasteiger partial charge in [0, 0.05) is 18.8 Å². The van der Waals surface area contributed by atoms with E-state index in [1.54, 1.807) is 4.90 Å². The number of halogens is 3. The van der Waals surface area contributed by atoms with Crippen molar-refractivity contribution in [3.8, 4) is 0 Å². The van der Waals surface area contributed by atoms with Crippen LogP contribution in [0.1, 0.15) is 30.0 Å². The minimum Gasteiger partial charge on any atom is -0.334 e. The van der Waals surface area contributed by atoms with E-state index in [9.17, 15) is 22.8 Å². The molecule has 0 radical (unpaired) electrons. The molecule has 1 aliphatic heterocycles. The molecule has 0 N–H and O–H groups in total. The quantitative estimate of drug-likeness (QED) is 0.853. The van der Waals surface area contributed by atoms with Gasteiger partial charge in [0.15, 0.2) is 0 Å². The van der Waals surface area contributed by atoms with E-state index in [1.165, 1.54) is 0 Å². The third-order valence-electron chi connectivity index (χ3n) is 4.37. The number of likely N-dealkylation sites (tertiary alicyclic amines) is 1. The molecule has 1 fully saturated rings. The van der Waals surface area contributed by atoms with Crippen molar-refractivity contribution in [2.24, 2.45) is 0 Å². The Labute approximate surface area is 142 Å². The summed E-state index contributed by atoms with van der Waals surface area (Å²) in [6, 6.07) is 11.0. The average molecular weight is 350 g/mol. The first-order chi connectivity index (χ1) is 11.9. The molecule has 0 saturated carbocycles. The number of pyridine rings is 1. The third-order valence-corrected chi connectivity index (χ3v) is 4.37. The highest BCUT2D eigenvalue weighted by molar-refractivity contribution is 5.77. The lowest BCUT2D eigenvalue weighted by molar-refractivity contribution is -0.139. The van der Waals surface area contributed by atoms with Crippen LogP contribution in [0.2, 0.25) is 0 Å². The molecule has 7 heteroatoms. The fraction of sp³-hybridized carbons (Fsp3) is 0.333. The Bertz CT molecular complexity index is 815. The highest BCUT2D eigenvalue weighted by atomic mass is 19.4. The van der Waals surface area contributed by atoms with Gasteiger partial charge in [0.25, 0.3) is 5.56 Å². The molecule has 1 atom stereocenters. The number of amides is 1. The van der Waals surface area contributed by atoms with Crippen LogP contribution in [0.15, 0.2) is 53.5 Å². The van der Waals surface area contributed by atoms with Crippen LogP contribution < -0.4 is 5.56 Å². The predicted octanol–water partition coefficient (Wildman–Crippen LogP) is 3.23. The smallest absolute Gasteiger partial charge is 0.334 e. The van der Waals surface area contributed by atoms with Gasteiger partial charge in [-0.3, -0.25) is 9.59 Å². The molecule has 4 nitrogen and oxygen atoms in total. The summed E-state index contributed by atoms with van der Waals surface area (Å²) in [6.45, 7) is 0.137. The van der Waals surface area contributed by atoms with Crippen LogP contribution >= 0.6 is 0 Å². The van der Waals surface area contributed by atoms with Gasteiger partial charge in [0.05, 0.1) is 11.6 Å².